The predicted molar refractivity (Wildman–Crippen MR) is 126 cm³/mol. The standard InChI is InChI=1S/C23H35N3O7S/c1-17(16-34-23(29)32-13-6-7-14-33-26(30)31)22(28)25-12-8-11-20(25)21(27)24-18(2)15-19-9-4-3-5-10-19/h3-5,9-10,17-18,20,30-31H,6-8,11-16H2,1-2H3,(H,24,27)/t17-,18+,20+/m1/s1. The molecule has 1 aromatic rings. The van der Waals surface area contributed by atoms with Crippen LogP contribution in [0, 0.1) is 5.92 Å². The van der Waals surface area contributed by atoms with Crippen LogP contribution in [0.2, 0.25) is 0 Å². The van der Waals surface area contributed by atoms with Crippen molar-refractivity contribution in [1.82, 2.24) is 15.6 Å². The lowest BCUT2D eigenvalue weighted by molar-refractivity contribution is -0.492. The van der Waals surface area contributed by atoms with Crippen LogP contribution in [0.4, 0.5) is 4.79 Å². The van der Waals surface area contributed by atoms with Gasteiger partial charge in [0.2, 0.25) is 11.8 Å². The molecule has 0 unspecified atom stereocenters. The Labute approximate surface area is 204 Å². The average molecular weight is 498 g/mol. The summed E-state index contributed by atoms with van der Waals surface area (Å²) in [6.45, 7) is 4.49. The number of amides is 2. The van der Waals surface area contributed by atoms with E-state index in [0.717, 1.165) is 30.2 Å². The molecule has 0 aromatic heterocycles. The van der Waals surface area contributed by atoms with Crippen LogP contribution in [0.5, 0.6) is 0 Å². The van der Waals surface area contributed by atoms with Gasteiger partial charge in [0.25, 0.3) is 0 Å². The molecule has 34 heavy (non-hydrogen) atoms. The van der Waals surface area contributed by atoms with Crippen LogP contribution in [0.25, 0.3) is 0 Å². The number of unbranched alkanes of at least 4 members (excludes halogenated alkanes) is 1. The molecule has 11 heteroatoms. The van der Waals surface area contributed by atoms with Crippen molar-refractivity contribution in [2.24, 2.45) is 5.92 Å². The smallest absolute Gasteiger partial charge is 0.367 e. The van der Waals surface area contributed by atoms with E-state index < -0.39 is 17.3 Å². The maximum absolute atomic E-state index is 13.0. The van der Waals surface area contributed by atoms with Gasteiger partial charge in [-0.3, -0.25) is 24.8 Å². The molecule has 0 saturated carbocycles. The summed E-state index contributed by atoms with van der Waals surface area (Å²) in [5.74, 6) is -0.437. The fourth-order valence-corrected chi connectivity index (χ4v) is 4.45. The van der Waals surface area contributed by atoms with E-state index in [4.69, 9.17) is 15.2 Å². The fourth-order valence-electron chi connectivity index (χ4n) is 3.76. The van der Waals surface area contributed by atoms with Gasteiger partial charge in [0, 0.05) is 24.3 Å². The van der Waals surface area contributed by atoms with Gasteiger partial charge in [-0.15, -0.1) is 0 Å². The van der Waals surface area contributed by atoms with Gasteiger partial charge in [0.15, 0.2) is 0 Å². The minimum absolute atomic E-state index is 0.0482. The van der Waals surface area contributed by atoms with E-state index in [2.05, 4.69) is 10.2 Å². The van der Waals surface area contributed by atoms with Crippen LogP contribution in [0.15, 0.2) is 30.3 Å². The van der Waals surface area contributed by atoms with E-state index >= 15 is 0 Å². The Morgan fingerprint density at radius 2 is 1.88 bits per heavy atom. The molecule has 10 nitrogen and oxygen atoms in total. The topological polar surface area (TPSA) is 129 Å². The molecular weight excluding hydrogens is 462 g/mol. The van der Waals surface area contributed by atoms with E-state index in [1.54, 1.807) is 11.8 Å². The van der Waals surface area contributed by atoms with Crippen LogP contribution in [0.3, 0.4) is 0 Å². The quantitative estimate of drug-likeness (QED) is 0.214. The van der Waals surface area contributed by atoms with Crippen molar-refractivity contribution in [3.8, 4) is 0 Å². The van der Waals surface area contributed by atoms with Crippen LogP contribution in [0.1, 0.15) is 45.1 Å². The van der Waals surface area contributed by atoms with Gasteiger partial charge in [-0.1, -0.05) is 37.3 Å². The summed E-state index contributed by atoms with van der Waals surface area (Å²) in [6, 6.07) is 9.40. The zero-order valence-electron chi connectivity index (χ0n) is 19.7. The lowest BCUT2D eigenvalue weighted by Gasteiger charge is -2.27. The zero-order valence-corrected chi connectivity index (χ0v) is 20.5. The number of benzene rings is 1. The first-order valence-electron chi connectivity index (χ1n) is 11.5. The third-order valence-corrected chi connectivity index (χ3v) is 6.47. The lowest BCUT2D eigenvalue weighted by atomic mass is 10.1. The minimum atomic E-state index is -0.485. The Morgan fingerprint density at radius 1 is 1.18 bits per heavy atom. The van der Waals surface area contributed by atoms with Crippen molar-refractivity contribution in [1.29, 1.82) is 0 Å². The average Bonchev–Trinajstić information content (AvgIpc) is 3.29. The number of hydrogen-bond acceptors (Lipinski definition) is 9. The minimum Gasteiger partial charge on any atom is -0.458 e. The molecule has 0 aliphatic carbocycles. The van der Waals surface area contributed by atoms with Crippen molar-refractivity contribution in [3.63, 3.8) is 0 Å². The molecule has 1 heterocycles. The first-order chi connectivity index (χ1) is 16.3. The van der Waals surface area contributed by atoms with Crippen LogP contribution in [-0.4, -0.2) is 75.4 Å². The number of hydrogen-bond donors (Lipinski definition) is 3. The highest BCUT2D eigenvalue weighted by Gasteiger charge is 2.36. The third kappa shape index (κ3) is 9.98. The summed E-state index contributed by atoms with van der Waals surface area (Å²) >= 11 is 0.933. The maximum Gasteiger partial charge on any atom is 0.367 e. The lowest BCUT2D eigenvalue weighted by Crippen LogP contribution is -2.50. The van der Waals surface area contributed by atoms with Gasteiger partial charge in [0.05, 0.1) is 18.6 Å². The van der Waals surface area contributed by atoms with Crippen LogP contribution >= 0.6 is 11.8 Å². The Balaban J connectivity index is 1.71. The predicted octanol–water partition coefficient (Wildman–Crippen LogP) is 3.02. The summed E-state index contributed by atoms with van der Waals surface area (Å²) in [4.78, 5) is 43.8. The number of likely N-dealkylation sites (tertiary alicyclic amines) is 1. The molecule has 2 rings (SSSR count). The summed E-state index contributed by atoms with van der Waals surface area (Å²) in [5.41, 5.74) is 1.14. The summed E-state index contributed by atoms with van der Waals surface area (Å²) < 4.78 is 5.10. The second-order valence-corrected chi connectivity index (χ2v) is 9.35. The van der Waals surface area contributed by atoms with Gasteiger partial charge < -0.3 is 15.0 Å². The molecule has 1 aliphatic rings. The summed E-state index contributed by atoms with van der Waals surface area (Å²) in [5, 5.41) is 19.0. The number of ether oxygens (including phenoxy) is 1. The number of nitrogens with one attached hydrogen (secondary N) is 1. The SMILES string of the molecule is C[C@H](CSC(=O)OCCCCON(O)O)C(=O)N1CCC[C@H]1C(=O)N[C@@H](C)Cc1ccccc1. The molecule has 1 aromatic carbocycles. The van der Waals surface area contributed by atoms with Crippen molar-refractivity contribution >= 4 is 28.9 Å². The van der Waals surface area contributed by atoms with Crippen molar-refractivity contribution < 1.29 is 34.4 Å². The Kier molecular flexibility index (Phi) is 12.3. The maximum atomic E-state index is 13.0. The molecule has 0 spiro atoms. The molecule has 2 amide bonds. The van der Waals surface area contributed by atoms with Crippen molar-refractivity contribution in [2.45, 2.75) is 58.0 Å². The normalized spacial score (nSPS) is 17.4. The van der Waals surface area contributed by atoms with Crippen molar-refractivity contribution in [2.75, 3.05) is 25.5 Å². The van der Waals surface area contributed by atoms with E-state index in [9.17, 15) is 14.4 Å². The second kappa shape index (κ2) is 14.9. The molecule has 0 bridgehead atoms. The van der Waals surface area contributed by atoms with Gasteiger partial charge in [-0.2, -0.15) is 0 Å². The number of nitrogens with zero attached hydrogens (tertiary/aromatic N) is 2. The molecule has 1 fully saturated rings. The van der Waals surface area contributed by atoms with E-state index in [0.29, 0.717) is 25.8 Å². The fraction of sp³-hybridized carbons (Fsp3) is 0.609. The van der Waals surface area contributed by atoms with Crippen LogP contribution in [-0.2, 0) is 25.6 Å². The van der Waals surface area contributed by atoms with Gasteiger partial charge in [0.1, 0.15) is 6.04 Å². The van der Waals surface area contributed by atoms with E-state index in [1.165, 1.54) is 0 Å². The Bertz CT molecular complexity index is 781. The zero-order chi connectivity index (χ0) is 24.9. The van der Waals surface area contributed by atoms with E-state index in [1.807, 2.05) is 37.3 Å². The number of carbonyl (C=O) groups is 3. The second-order valence-electron chi connectivity index (χ2n) is 8.39. The van der Waals surface area contributed by atoms with Crippen molar-refractivity contribution in [3.05, 3.63) is 35.9 Å². The molecule has 3 atom stereocenters. The largest absolute Gasteiger partial charge is 0.458 e. The molecule has 1 saturated heterocycles. The summed E-state index contributed by atoms with van der Waals surface area (Å²) in [7, 11) is 0. The van der Waals surface area contributed by atoms with Crippen LogP contribution < -0.4 is 5.32 Å². The third-order valence-electron chi connectivity index (χ3n) is 5.45. The molecule has 0 radical (unpaired) electrons. The summed E-state index contributed by atoms with van der Waals surface area (Å²) in [6.07, 6.45) is 3.10. The Morgan fingerprint density at radius 3 is 2.59 bits per heavy atom. The first kappa shape index (κ1) is 28.1. The number of rotatable bonds is 13. The van der Waals surface area contributed by atoms with Gasteiger partial charge in [-0.05, 0) is 56.4 Å². The van der Waals surface area contributed by atoms with Gasteiger partial charge >= 0.3 is 5.30 Å². The first-order valence-corrected chi connectivity index (χ1v) is 12.5. The molecule has 3 N–H and O–H groups in total. The monoisotopic (exact) mass is 497 g/mol. The highest BCUT2D eigenvalue weighted by Crippen LogP contribution is 2.22. The molecular formula is C23H35N3O7S. The number of thioether (sulfide) groups is 1. The Hall–Kier alpha value is -2.18. The molecule has 190 valence electrons. The number of carbonyl (C=O) groups excluding carboxylic acids is 3. The highest BCUT2D eigenvalue weighted by molar-refractivity contribution is 8.13. The highest BCUT2D eigenvalue weighted by atomic mass is 32.2. The molecule has 1 aliphatic heterocycles. The van der Waals surface area contributed by atoms with E-state index in [-0.39, 0.29) is 42.2 Å². The van der Waals surface area contributed by atoms with Gasteiger partial charge in [-0.25, -0.2) is 4.79 Å².